The number of nitro groups is 1. The highest BCUT2D eigenvalue weighted by molar-refractivity contribution is 6.45. The van der Waals surface area contributed by atoms with Crippen LogP contribution in [0.15, 0.2) is 84.9 Å². The number of cyclic esters (lactones) is 1. The Morgan fingerprint density at radius 1 is 0.949 bits per heavy atom. The van der Waals surface area contributed by atoms with Crippen molar-refractivity contribution >= 4 is 45.6 Å². The first-order chi connectivity index (χ1) is 18.8. The Bertz CT molecular complexity index is 1760. The third-order valence-electron chi connectivity index (χ3n) is 6.43. The zero-order valence-corrected chi connectivity index (χ0v) is 20.0. The van der Waals surface area contributed by atoms with E-state index in [1.807, 2.05) is 12.1 Å². The number of rotatable bonds is 7. The highest BCUT2D eigenvalue weighted by atomic mass is 16.6. The molecule has 0 radical (unpaired) electrons. The normalized spacial score (nSPS) is 14.5. The van der Waals surface area contributed by atoms with Crippen LogP contribution in [0.1, 0.15) is 37.9 Å². The summed E-state index contributed by atoms with van der Waals surface area (Å²) in [5.74, 6) is -5.66. The van der Waals surface area contributed by atoms with Gasteiger partial charge in [0.15, 0.2) is 5.78 Å². The van der Waals surface area contributed by atoms with Crippen molar-refractivity contribution in [2.45, 2.75) is 6.10 Å². The zero-order chi connectivity index (χ0) is 27.7. The summed E-state index contributed by atoms with van der Waals surface area (Å²) < 4.78 is 5.44. The van der Waals surface area contributed by atoms with Crippen molar-refractivity contribution in [3.05, 3.63) is 117 Å². The fourth-order valence-electron chi connectivity index (χ4n) is 4.51. The lowest BCUT2D eigenvalue weighted by atomic mass is 9.84. The molecule has 1 amide bonds. The summed E-state index contributed by atoms with van der Waals surface area (Å²) >= 11 is 0. The van der Waals surface area contributed by atoms with Crippen molar-refractivity contribution in [3.8, 4) is 6.07 Å². The molecule has 4 aromatic rings. The molecule has 2 atom stereocenters. The van der Waals surface area contributed by atoms with E-state index in [0.29, 0.717) is 0 Å². The van der Waals surface area contributed by atoms with Gasteiger partial charge < -0.3 is 10.1 Å². The van der Waals surface area contributed by atoms with Crippen LogP contribution in [0.25, 0.3) is 10.8 Å². The summed E-state index contributed by atoms with van der Waals surface area (Å²) in [7, 11) is 0. The number of ether oxygens (including phenoxy) is 1. The number of non-ortho nitro benzene ring substituents is 1. The summed E-state index contributed by atoms with van der Waals surface area (Å²) in [6, 6.07) is 23.2. The number of benzene rings is 4. The van der Waals surface area contributed by atoms with Gasteiger partial charge in [0.25, 0.3) is 11.6 Å². The van der Waals surface area contributed by atoms with Gasteiger partial charge in [0.2, 0.25) is 5.78 Å². The Hall–Kier alpha value is -5.69. The number of Topliss-reactive ketones (excluding diaryl/α,β-unsaturated/α-hetero) is 2. The minimum Gasteiger partial charge on any atom is -0.453 e. The van der Waals surface area contributed by atoms with E-state index in [2.05, 4.69) is 5.32 Å². The van der Waals surface area contributed by atoms with Gasteiger partial charge in [-0.2, -0.15) is 5.26 Å². The maximum atomic E-state index is 13.8. The lowest BCUT2D eigenvalue weighted by molar-refractivity contribution is -0.384. The van der Waals surface area contributed by atoms with Gasteiger partial charge in [0, 0.05) is 23.3 Å². The van der Waals surface area contributed by atoms with Crippen LogP contribution in [0.2, 0.25) is 0 Å². The molecule has 1 aliphatic heterocycles. The molecule has 0 saturated carbocycles. The molecule has 0 fully saturated rings. The second-order valence-electron chi connectivity index (χ2n) is 8.73. The van der Waals surface area contributed by atoms with Crippen molar-refractivity contribution in [1.29, 1.82) is 5.26 Å². The molecule has 4 aromatic carbocycles. The number of hydrogen-bond donors (Lipinski definition) is 1. The smallest absolute Gasteiger partial charge is 0.339 e. The van der Waals surface area contributed by atoms with E-state index in [1.165, 1.54) is 12.1 Å². The molecule has 1 aliphatic rings. The number of anilines is 1. The number of nitrogens with zero attached hydrogens (tertiary/aromatic N) is 2. The fourth-order valence-corrected chi connectivity index (χ4v) is 4.51. The first-order valence-electron chi connectivity index (χ1n) is 11.6. The maximum absolute atomic E-state index is 13.8. The summed E-state index contributed by atoms with van der Waals surface area (Å²) in [5, 5.41) is 24.3. The number of hydrogen-bond acceptors (Lipinski definition) is 8. The van der Waals surface area contributed by atoms with Crippen LogP contribution in [-0.2, 0) is 14.3 Å². The first-order valence-corrected chi connectivity index (χ1v) is 11.6. The number of carbonyl (C=O) groups excluding carboxylic acids is 4. The number of nitro benzene ring substituents is 1. The van der Waals surface area contributed by atoms with E-state index in [0.717, 1.165) is 29.0 Å². The summed E-state index contributed by atoms with van der Waals surface area (Å²) in [5.41, 5.74) is -0.185. The average Bonchev–Trinajstić information content (AvgIpc) is 3.28. The van der Waals surface area contributed by atoms with Crippen LogP contribution in [0.5, 0.6) is 0 Å². The molecule has 10 heteroatoms. The Morgan fingerprint density at radius 2 is 1.67 bits per heavy atom. The first kappa shape index (κ1) is 25.0. The van der Waals surface area contributed by atoms with Crippen LogP contribution in [0.3, 0.4) is 0 Å². The minimum atomic E-state index is -1.73. The molecule has 1 N–H and O–H groups in total. The standard InChI is InChI=1S/C29H17N3O7/c30-15-19-14-20(32(37)38)11-12-23(19)31-28(35)26(34)24(27-21-7-3-4-8-22(21)29(36)39-27)25(33)18-10-9-16-5-1-2-6-17(16)13-18/h1-14,24,27H,(H,31,35)/t24-,27-/m0/s1. The Balaban J connectivity index is 1.54. The minimum absolute atomic E-state index is 0.133. The number of esters is 1. The third kappa shape index (κ3) is 4.60. The third-order valence-corrected chi connectivity index (χ3v) is 6.43. The molecule has 0 aliphatic carbocycles. The molecule has 0 saturated heterocycles. The lowest BCUT2D eigenvalue weighted by Crippen LogP contribution is -2.38. The number of amides is 1. The van der Waals surface area contributed by atoms with Crippen molar-refractivity contribution in [3.63, 3.8) is 0 Å². The topological polar surface area (TPSA) is 156 Å². The summed E-state index contributed by atoms with van der Waals surface area (Å²) in [6.07, 6.45) is -1.36. The molecule has 0 spiro atoms. The van der Waals surface area contributed by atoms with E-state index < -0.39 is 40.4 Å². The molecular weight excluding hydrogens is 502 g/mol. The van der Waals surface area contributed by atoms with E-state index >= 15 is 0 Å². The fraction of sp³-hybridized carbons (Fsp3) is 0.0690. The van der Waals surface area contributed by atoms with Crippen molar-refractivity contribution in [2.75, 3.05) is 5.32 Å². The number of ketones is 2. The predicted molar refractivity (Wildman–Crippen MR) is 138 cm³/mol. The van der Waals surface area contributed by atoms with Crippen LogP contribution >= 0.6 is 0 Å². The molecule has 1 heterocycles. The largest absolute Gasteiger partial charge is 0.453 e. The van der Waals surface area contributed by atoms with Gasteiger partial charge in [0.1, 0.15) is 18.1 Å². The van der Waals surface area contributed by atoms with Gasteiger partial charge in [-0.05, 0) is 29.0 Å². The van der Waals surface area contributed by atoms with E-state index in [1.54, 1.807) is 48.5 Å². The Labute approximate surface area is 220 Å². The number of nitriles is 1. The molecule has 0 unspecified atom stereocenters. The van der Waals surface area contributed by atoms with E-state index in [-0.39, 0.29) is 33.6 Å². The van der Waals surface area contributed by atoms with Gasteiger partial charge >= 0.3 is 5.97 Å². The van der Waals surface area contributed by atoms with Crippen LogP contribution < -0.4 is 5.32 Å². The molecular formula is C29H17N3O7. The molecule has 5 rings (SSSR count). The van der Waals surface area contributed by atoms with Gasteiger partial charge in [-0.15, -0.1) is 0 Å². The highest BCUT2D eigenvalue weighted by Crippen LogP contribution is 2.38. The van der Waals surface area contributed by atoms with Gasteiger partial charge in [-0.3, -0.25) is 24.5 Å². The van der Waals surface area contributed by atoms with Crippen molar-refractivity contribution in [2.24, 2.45) is 5.92 Å². The SMILES string of the molecule is N#Cc1cc([N+](=O)[O-])ccc1NC(=O)C(=O)[C@H](C(=O)c1ccc2ccccc2c1)[C@H]1OC(=O)c2ccccc21. The van der Waals surface area contributed by atoms with Crippen LogP contribution in [0.4, 0.5) is 11.4 Å². The monoisotopic (exact) mass is 519 g/mol. The zero-order valence-electron chi connectivity index (χ0n) is 20.0. The number of carbonyl (C=O) groups is 4. The molecule has 10 nitrogen and oxygen atoms in total. The highest BCUT2D eigenvalue weighted by Gasteiger charge is 2.46. The van der Waals surface area contributed by atoms with Crippen molar-refractivity contribution < 1.29 is 28.8 Å². The van der Waals surface area contributed by atoms with Crippen molar-refractivity contribution in [1.82, 2.24) is 0 Å². The molecule has 0 aromatic heterocycles. The molecule has 39 heavy (non-hydrogen) atoms. The van der Waals surface area contributed by atoms with Gasteiger partial charge in [-0.25, -0.2) is 4.79 Å². The summed E-state index contributed by atoms with van der Waals surface area (Å²) in [6.45, 7) is 0. The maximum Gasteiger partial charge on any atom is 0.339 e. The second-order valence-corrected chi connectivity index (χ2v) is 8.73. The molecule has 190 valence electrons. The second kappa shape index (κ2) is 9.99. The number of nitrogens with one attached hydrogen (secondary N) is 1. The van der Waals surface area contributed by atoms with Gasteiger partial charge in [0.05, 0.1) is 21.7 Å². The van der Waals surface area contributed by atoms with Crippen LogP contribution in [-0.4, -0.2) is 28.4 Å². The Kier molecular flexibility index (Phi) is 6.40. The van der Waals surface area contributed by atoms with E-state index in [9.17, 15) is 34.6 Å². The van der Waals surface area contributed by atoms with E-state index in [4.69, 9.17) is 4.74 Å². The van der Waals surface area contributed by atoms with Gasteiger partial charge in [-0.1, -0.05) is 54.6 Å². The number of fused-ring (bicyclic) bond motifs is 2. The average molecular weight is 519 g/mol. The Morgan fingerprint density at radius 3 is 2.41 bits per heavy atom. The lowest BCUT2D eigenvalue weighted by Gasteiger charge is -2.21. The quantitative estimate of drug-likeness (QED) is 0.0931. The molecule has 0 bridgehead atoms. The predicted octanol–water partition coefficient (Wildman–Crippen LogP) is 4.54. The summed E-state index contributed by atoms with van der Waals surface area (Å²) in [4.78, 5) is 63.4. The van der Waals surface area contributed by atoms with Crippen LogP contribution in [0, 0.1) is 27.4 Å².